The molecule has 1 aromatic carbocycles. The fourth-order valence-electron chi connectivity index (χ4n) is 3.07. The van der Waals surface area contributed by atoms with Gasteiger partial charge in [-0.2, -0.15) is 0 Å². The topological polar surface area (TPSA) is 115 Å². The first-order chi connectivity index (χ1) is 12.3. The van der Waals surface area contributed by atoms with E-state index in [1.54, 1.807) is 0 Å². The summed E-state index contributed by atoms with van der Waals surface area (Å²) in [6.45, 7) is 2.14. The van der Waals surface area contributed by atoms with Gasteiger partial charge in [0, 0.05) is 17.0 Å². The van der Waals surface area contributed by atoms with Crippen LogP contribution in [0.3, 0.4) is 0 Å². The van der Waals surface area contributed by atoms with E-state index in [4.69, 9.17) is 17.3 Å². The quantitative estimate of drug-likeness (QED) is 0.607. The number of non-ortho nitro benzene ring substituents is 1. The van der Waals surface area contributed by atoms with Gasteiger partial charge in [0.05, 0.1) is 21.1 Å². The molecule has 2 amide bonds. The first kappa shape index (κ1) is 18.3. The number of nitro groups is 1. The molecule has 0 bridgehead atoms. The normalized spacial score (nSPS) is 16.0. The van der Waals surface area contributed by atoms with E-state index in [0.29, 0.717) is 16.5 Å². The number of hydrogen-bond acceptors (Lipinski definition) is 5. The molecule has 7 nitrogen and oxygen atoms in total. The molecule has 1 heterocycles. The van der Waals surface area contributed by atoms with Gasteiger partial charge >= 0.3 is 0 Å². The monoisotopic (exact) mass is 393 g/mol. The van der Waals surface area contributed by atoms with Crippen LogP contribution in [-0.4, -0.2) is 16.7 Å². The van der Waals surface area contributed by atoms with Gasteiger partial charge in [-0.05, 0) is 36.8 Å². The van der Waals surface area contributed by atoms with Crippen LogP contribution in [0.25, 0.3) is 0 Å². The maximum Gasteiger partial charge on any atom is 0.270 e. The molecule has 0 saturated heterocycles. The molecule has 1 atom stereocenters. The zero-order valence-corrected chi connectivity index (χ0v) is 15.4. The summed E-state index contributed by atoms with van der Waals surface area (Å²) in [4.78, 5) is 35.7. The number of fused-ring (bicyclic) bond motifs is 1. The standard InChI is InChI=1S/C17H16ClN3O4S/c1-8-2-4-11-13(6-8)26-17(14(11)15(19)22)20-16(23)10-5-3-9(21(24)25)7-12(10)18/h3,5,7-8H,2,4,6H2,1H3,(H2,19,22)(H,20,23)/t8-/m1/s1. The molecule has 0 unspecified atom stereocenters. The summed E-state index contributed by atoms with van der Waals surface area (Å²) < 4.78 is 0. The lowest BCUT2D eigenvalue weighted by atomic mass is 9.88. The summed E-state index contributed by atoms with van der Waals surface area (Å²) in [6.07, 6.45) is 2.56. The first-order valence-corrected chi connectivity index (χ1v) is 9.17. The maximum absolute atomic E-state index is 12.6. The lowest BCUT2D eigenvalue weighted by Gasteiger charge is -2.18. The molecule has 0 fully saturated rings. The average molecular weight is 394 g/mol. The van der Waals surface area contributed by atoms with Crippen molar-refractivity contribution in [3.8, 4) is 0 Å². The van der Waals surface area contributed by atoms with Gasteiger partial charge in [0.25, 0.3) is 17.5 Å². The van der Waals surface area contributed by atoms with Gasteiger partial charge < -0.3 is 11.1 Å². The van der Waals surface area contributed by atoms with Crippen LogP contribution in [0.2, 0.25) is 5.02 Å². The smallest absolute Gasteiger partial charge is 0.270 e. The number of thiophene rings is 1. The molecule has 0 spiro atoms. The predicted molar refractivity (Wildman–Crippen MR) is 100 cm³/mol. The molecule has 1 aliphatic carbocycles. The van der Waals surface area contributed by atoms with E-state index in [-0.39, 0.29) is 16.3 Å². The van der Waals surface area contributed by atoms with E-state index in [1.807, 2.05) is 0 Å². The third-order valence-electron chi connectivity index (χ3n) is 4.39. The number of nitrogens with two attached hydrogens (primary N) is 1. The lowest BCUT2D eigenvalue weighted by molar-refractivity contribution is -0.384. The lowest BCUT2D eigenvalue weighted by Crippen LogP contribution is -2.19. The van der Waals surface area contributed by atoms with Gasteiger partial charge in [-0.3, -0.25) is 19.7 Å². The third kappa shape index (κ3) is 3.42. The fraction of sp³-hybridized carbons (Fsp3) is 0.294. The van der Waals surface area contributed by atoms with Crippen LogP contribution in [0.1, 0.15) is 44.5 Å². The van der Waals surface area contributed by atoms with Crippen molar-refractivity contribution in [1.29, 1.82) is 0 Å². The molecular weight excluding hydrogens is 378 g/mol. The van der Waals surface area contributed by atoms with E-state index in [2.05, 4.69) is 12.2 Å². The summed E-state index contributed by atoms with van der Waals surface area (Å²) in [5.74, 6) is -0.615. The van der Waals surface area contributed by atoms with Crippen LogP contribution in [-0.2, 0) is 12.8 Å². The molecule has 0 saturated carbocycles. The summed E-state index contributed by atoms with van der Waals surface area (Å²) in [7, 11) is 0. The van der Waals surface area contributed by atoms with Crippen molar-refractivity contribution in [2.24, 2.45) is 11.7 Å². The van der Waals surface area contributed by atoms with E-state index in [9.17, 15) is 19.7 Å². The molecule has 136 valence electrons. The maximum atomic E-state index is 12.6. The Morgan fingerprint density at radius 2 is 2.15 bits per heavy atom. The highest BCUT2D eigenvalue weighted by Crippen LogP contribution is 2.39. The summed E-state index contributed by atoms with van der Waals surface area (Å²) in [6, 6.07) is 3.61. The molecule has 26 heavy (non-hydrogen) atoms. The van der Waals surface area contributed by atoms with Gasteiger partial charge in [-0.15, -0.1) is 11.3 Å². The van der Waals surface area contributed by atoms with Gasteiger partial charge in [0.2, 0.25) is 0 Å². The van der Waals surface area contributed by atoms with E-state index in [0.717, 1.165) is 35.8 Å². The Kier molecular flexibility index (Phi) is 4.97. The number of amides is 2. The molecule has 0 radical (unpaired) electrons. The number of nitrogens with zero attached hydrogens (tertiary/aromatic N) is 1. The minimum atomic E-state index is -0.590. The predicted octanol–water partition coefficient (Wildman–Crippen LogP) is 3.79. The molecule has 9 heteroatoms. The van der Waals surface area contributed by atoms with Gasteiger partial charge in [-0.1, -0.05) is 18.5 Å². The second-order valence-electron chi connectivity index (χ2n) is 6.30. The molecule has 1 aromatic heterocycles. The minimum Gasteiger partial charge on any atom is -0.365 e. The van der Waals surface area contributed by atoms with Gasteiger partial charge in [-0.25, -0.2) is 0 Å². The van der Waals surface area contributed by atoms with Crippen LogP contribution in [0, 0.1) is 16.0 Å². The summed E-state index contributed by atoms with van der Waals surface area (Å²) in [5.41, 5.74) is 6.68. The number of benzene rings is 1. The molecule has 2 aromatic rings. The zero-order chi connectivity index (χ0) is 19.0. The van der Waals surface area contributed by atoms with Crippen molar-refractivity contribution in [3.63, 3.8) is 0 Å². The molecule has 3 rings (SSSR count). The largest absolute Gasteiger partial charge is 0.365 e. The number of nitro benzene ring substituents is 1. The molecular formula is C17H16ClN3O4S. The molecule has 0 aliphatic heterocycles. The van der Waals surface area contributed by atoms with Gasteiger partial charge in [0.1, 0.15) is 5.00 Å². The molecule has 1 aliphatic rings. The van der Waals surface area contributed by atoms with Gasteiger partial charge in [0.15, 0.2) is 0 Å². The highest BCUT2D eigenvalue weighted by atomic mass is 35.5. The number of carbonyl (C=O) groups excluding carboxylic acids is 2. The Morgan fingerprint density at radius 1 is 1.42 bits per heavy atom. The number of hydrogen-bond donors (Lipinski definition) is 2. The number of primary amides is 1. The van der Waals surface area contributed by atoms with Crippen molar-refractivity contribution in [2.45, 2.75) is 26.2 Å². The summed E-state index contributed by atoms with van der Waals surface area (Å²) >= 11 is 7.35. The van der Waals surface area contributed by atoms with Crippen LogP contribution < -0.4 is 11.1 Å². The number of carbonyl (C=O) groups is 2. The second-order valence-corrected chi connectivity index (χ2v) is 7.81. The van der Waals surface area contributed by atoms with Crippen molar-refractivity contribution in [1.82, 2.24) is 0 Å². The number of rotatable bonds is 4. The van der Waals surface area contributed by atoms with Crippen LogP contribution in [0.15, 0.2) is 18.2 Å². The Bertz CT molecular complexity index is 925. The zero-order valence-electron chi connectivity index (χ0n) is 13.9. The SMILES string of the molecule is C[C@@H]1CCc2c(sc(NC(=O)c3ccc([N+](=O)[O-])cc3Cl)c2C(N)=O)C1. The third-order valence-corrected chi connectivity index (χ3v) is 5.88. The molecule has 3 N–H and O–H groups in total. The number of halogens is 1. The fourth-order valence-corrected chi connectivity index (χ4v) is 4.74. The Labute approximate surface area is 158 Å². The average Bonchev–Trinajstić information content (AvgIpc) is 2.91. The highest BCUT2D eigenvalue weighted by Gasteiger charge is 2.27. The first-order valence-electron chi connectivity index (χ1n) is 7.97. The second kappa shape index (κ2) is 7.05. The highest BCUT2D eigenvalue weighted by molar-refractivity contribution is 7.17. The van der Waals surface area contributed by atoms with E-state index in [1.165, 1.54) is 23.5 Å². The summed E-state index contributed by atoms with van der Waals surface area (Å²) in [5, 5.41) is 13.8. The van der Waals surface area contributed by atoms with Crippen LogP contribution in [0.4, 0.5) is 10.7 Å². The van der Waals surface area contributed by atoms with Crippen LogP contribution >= 0.6 is 22.9 Å². The van der Waals surface area contributed by atoms with Crippen molar-refractivity contribution < 1.29 is 14.5 Å². The Morgan fingerprint density at radius 3 is 2.77 bits per heavy atom. The van der Waals surface area contributed by atoms with Crippen molar-refractivity contribution in [3.05, 3.63) is 54.9 Å². The number of anilines is 1. The van der Waals surface area contributed by atoms with Crippen molar-refractivity contribution >= 4 is 45.4 Å². The van der Waals surface area contributed by atoms with Crippen molar-refractivity contribution in [2.75, 3.05) is 5.32 Å². The van der Waals surface area contributed by atoms with E-state index >= 15 is 0 Å². The Hall–Kier alpha value is -2.45. The van der Waals surface area contributed by atoms with Crippen LogP contribution in [0.5, 0.6) is 0 Å². The Balaban J connectivity index is 1.93. The van der Waals surface area contributed by atoms with E-state index < -0.39 is 16.7 Å². The number of nitrogens with one attached hydrogen (secondary N) is 1. The minimum absolute atomic E-state index is 0.0349.